The Morgan fingerprint density at radius 1 is 1.00 bits per heavy atom. The van der Waals surface area contributed by atoms with Crippen LogP contribution in [0.15, 0.2) is 36.4 Å². The van der Waals surface area contributed by atoms with Crippen LogP contribution in [-0.4, -0.2) is 57.1 Å². The molecule has 0 atom stereocenters. The summed E-state index contributed by atoms with van der Waals surface area (Å²) in [6, 6.07) is 10.8. The number of piperidine rings is 1. The molecule has 8 heteroatoms. The molecule has 3 rings (SSSR count). The molecule has 1 aliphatic heterocycles. The molecule has 0 bridgehead atoms. The molecule has 1 saturated heterocycles. The van der Waals surface area contributed by atoms with E-state index in [0.29, 0.717) is 40.7 Å². The first-order valence-corrected chi connectivity index (χ1v) is 11.2. The number of carbonyl (C=O) groups excluding carboxylic acids is 2. The number of hydrogen-bond acceptors (Lipinski definition) is 5. The van der Waals surface area contributed by atoms with Gasteiger partial charge in [0.1, 0.15) is 0 Å². The highest BCUT2D eigenvalue weighted by Crippen LogP contribution is 2.27. The third-order valence-corrected chi connectivity index (χ3v) is 5.71. The molecule has 0 radical (unpaired) electrons. The van der Waals surface area contributed by atoms with Gasteiger partial charge in [-0.25, -0.2) is 0 Å². The highest BCUT2D eigenvalue weighted by Gasteiger charge is 2.21. The maximum atomic E-state index is 12.9. The van der Waals surface area contributed by atoms with Crippen molar-refractivity contribution in [2.24, 2.45) is 0 Å². The van der Waals surface area contributed by atoms with Crippen LogP contribution in [0.5, 0.6) is 11.5 Å². The molecule has 0 saturated carbocycles. The van der Waals surface area contributed by atoms with E-state index in [1.165, 1.54) is 0 Å². The van der Waals surface area contributed by atoms with Crippen molar-refractivity contribution in [2.75, 3.05) is 45.7 Å². The number of rotatable bonds is 9. The molecule has 172 valence electrons. The van der Waals surface area contributed by atoms with Crippen LogP contribution in [0.2, 0.25) is 5.02 Å². The van der Waals surface area contributed by atoms with Crippen LogP contribution in [0.1, 0.15) is 35.2 Å². The van der Waals surface area contributed by atoms with Gasteiger partial charge in [-0.05, 0) is 61.6 Å². The Labute approximate surface area is 194 Å². The SMILES string of the molecule is COc1ccc(CCNC(=O)CNc2cc(Cl)ccc2C(=O)N2CCCCC2)cc1OC. The van der Waals surface area contributed by atoms with E-state index >= 15 is 0 Å². The minimum Gasteiger partial charge on any atom is -0.493 e. The van der Waals surface area contributed by atoms with Gasteiger partial charge < -0.3 is 25.0 Å². The summed E-state index contributed by atoms with van der Waals surface area (Å²) in [5.74, 6) is 1.13. The standard InChI is InChI=1S/C24H30ClN3O4/c1-31-21-9-6-17(14-22(21)32-2)10-11-26-23(29)16-27-20-15-18(25)7-8-19(20)24(30)28-12-4-3-5-13-28/h6-9,14-15,27H,3-5,10-13,16H2,1-2H3,(H,26,29). The molecule has 7 nitrogen and oxygen atoms in total. The molecule has 2 aromatic rings. The fourth-order valence-electron chi connectivity index (χ4n) is 3.74. The van der Waals surface area contributed by atoms with Crippen molar-refractivity contribution in [1.82, 2.24) is 10.2 Å². The first kappa shape index (κ1) is 23.7. The van der Waals surface area contributed by atoms with Crippen molar-refractivity contribution in [1.29, 1.82) is 0 Å². The Morgan fingerprint density at radius 3 is 2.47 bits per heavy atom. The number of benzene rings is 2. The molecule has 32 heavy (non-hydrogen) atoms. The number of amides is 2. The van der Waals surface area contributed by atoms with E-state index in [1.807, 2.05) is 23.1 Å². The number of carbonyl (C=O) groups is 2. The fraction of sp³-hybridized carbons (Fsp3) is 0.417. The van der Waals surface area contributed by atoms with Gasteiger partial charge >= 0.3 is 0 Å². The summed E-state index contributed by atoms with van der Waals surface area (Å²) in [7, 11) is 3.19. The smallest absolute Gasteiger partial charge is 0.255 e. The van der Waals surface area contributed by atoms with Crippen molar-refractivity contribution < 1.29 is 19.1 Å². The summed E-state index contributed by atoms with van der Waals surface area (Å²) in [5, 5.41) is 6.48. The number of halogens is 1. The van der Waals surface area contributed by atoms with E-state index in [1.54, 1.807) is 32.4 Å². The number of nitrogens with one attached hydrogen (secondary N) is 2. The number of anilines is 1. The summed E-state index contributed by atoms with van der Waals surface area (Å²) >= 11 is 6.14. The zero-order chi connectivity index (χ0) is 22.9. The lowest BCUT2D eigenvalue weighted by atomic mass is 10.1. The number of likely N-dealkylation sites (tertiary alicyclic amines) is 1. The van der Waals surface area contributed by atoms with Crippen molar-refractivity contribution >= 4 is 29.1 Å². The first-order chi connectivity index (χ1) is 15.5. The quantitative estimate of drug-likeness (QED) is 0.597. The van der Waals surface area contributed by atoms with Gasteiger partial charge in [0, 0.05) is 30.3 Å². The van der Waals surface area contributed by atoms with Gasteiger partial charge in [0.25, 0.3) is 5.91 Å². The largest absolute Gasteiger partial charge is 0.493 e. The Balaban J connectivity index is 1.53. The Morgan fingerprint density at radius 2 is 1.75 bits per heavy atom. The van der Waals surface area contributed by atoms with Gasteiger partial charge in [-0.3, -0.25) is 9.59 Å². The zero-order valence-corrected chi connectivity index (χ0v) is 19.3. The highest BCUT2D eigenvalue weighted by atomic mass is 35.5. The lowest BCUT2D eigenvalue weighted by molar-refractivity contribution is -0.119. The Hall–Kier alpha value is -2.93. The molecule has 0 spiro atoms. The van der Waals surface area contributed by atoms with Crippen LogP contribution in [0, 0.1) is 0 Å². The minimum absolute atomic E-state index is 0.0299. The van der Waals surface area contributed by atoms with Crippen LogP contribution < -0.4 is 20.1 Å². The van der Waals surface area contributed by atoms with E-state index in [2.05, 4.69) is 10.6 Å². The van der Waals surface area contributed by atoms with Gasteiger partial charge in [-0.15, -0.1) is 0 Å². The highest BCUT2D eigenvalue weighted by molar-refractivity contribution is 6.31. The van der Waals surface area contributed by atoms with Gasteiger partial charge in [-0.1, -0.05) is 17.7 Å². The van der Waals surface area contributed by atoms with E-state index in [-0.39, 0.29) is 18.4 Å². The summed E-state index contributed by atoms with van der Waals surface area (Å²) < 4.78 is 10.6. The van der Waals surface area contributed by atoms with Crippen LogP contribution >= 0.6 is 11.6 Å². The minimum atomic E-state index is -0.165. The van der Waals surface area contributed by atoms with E-state index in [0.717, 1.165) is 37.9 Å². The van der Waals surface area contributed by atoms with Crippen molar-refractivity contribution in [3.8, 4) is 11.5 Å². The molecule has 2 N–H and O–H groups in total. The summed E-state index contributed by atoms with van der Waals surface area (Å²) in [6.07, 6.45) is 3.84. The third-order valence-electron chi connectivity index (χ3n) is 5.48. The monoisotopic (exact) mass is 459 g/mol. The second-order valence-electron chi connectivity index (χ2n) is 7.69. The molecule has 2 amide bonds. The maximum absolute atomic E-state index is 12.9. The molecular formula is C24H30ClN3O4. The van der Waals surface area contributed by atoms with Gasteiger partial charge in [-0.2, -0.15) is 0 Å². The molecule has 2 aromatic carbocycles. The second-order valence-corrected chi connectivity index (χ2v) is 8.12. The topological polar surface area (TPSA) is 79.9 Å². The van der Waals surface area contributed by atoms with Gasteiger partial charge in [0.2, 0.25) is 5.91 Å². The summed E-state index contributed by atoms with van der Waals surface area (Å²) in [6.45, 7) is 2.05. The molecule has 0 aliphatic carbocycles. The first-order valence-electron chi connectivity index (χ1n) is 10.8. The van der Waals surface area contributed by atoms with Crippen LogP contribution in [0.3, 0.4) is 0 Å². The average molecular weight is 460 g/mol. The van der Waals surface area contributed by atoms with Crippen LogP contribution in [0.4, 0.5) is 5.69 Å². The average Bonchev–Trinajstić information content (AvgIpc) is 2.82. The summed E-state index contributed by atoms with van der Waals surface area (Å²) in [4.78, 5) is 27.1. The molecule has 0 aromatic heterocycles. The molecule has 0 unspecified atom stereocenters. The normalized spacial score (nSPS) is 13.4. The summed E-state index contributed by atoms with van der Waals surface area (Å²) in [5.41, 5.74) is 2.14. The van der Waals surface area contributed by atoms with Crippen molar-refractivity contribution in [3.05, 3.63) is 52.5 Å². The maximum Gasteiger partial charge on any atom is 0.255 e. The Kier molecular flexibility index (Phi) is 8.62. The van der Waals surface area contributed by atoms with Crippen LogP contribution in [-0.2, 0) is 11.2 Å². The molecular weight excluding hydrogens is 430 g/mol. The van der Waals surface area contributed by atoms with Crippen molar-refractivity contribution in [3.63, 3.8) is 0 Å². The lowest BCUT2D eigenvalue weighted by Gasteiger charge is -2.27. The van der Waals surface area contributed by atoms with Crippen LogP contribution in [0.25, 0.3) is 0 Å². The predicted molar refractivity (Wildman–Crippen MR) is 126 cm³/mol. The fourth-order valence-corrected chi connectivity index (χ4v) is 3.91. The third kappa shape index (κ3) is 6.29. The van der Waals surface area contributed by atoms with E-state index in [4.69, 9.17) is 21.1 Å². The van der Waals surface area contributed by atoms with E-state index in [9.17, 15) is 9.59 Å². The number of methoxy groups -OCH3 is 2. The van der Waals surface area contributed by atoms with Crippen molar-refractivity contribution in [2.45, 2.75) is 25.7 Å². The second kappa shape index (κ2) is 11.6. The molecule has 1 fully saturated rings. The zero-order valence-electron chi connectivity index (χ0n) is 18.6. The lowest BCUT2D eigenvalue weighted by Crippen LogP contribution is -2.36. The van der Waals surface area contributed by atoms with Gasteiger partial charge in [0.05, 0.1) is 26.3 Å². The predicted octanol–water partition coefficient (Wildman–Crippen LogP) is 3.75. The van der Waals surface area contributed by atoms with E-state index < -0.39 is 0 Å². The number of hydrogen-bond donors (Lipinski definition) is 2. The van der Waals surface area contributed by atoms with Gasteiger partial charge in [0.15, 0.2) is 11.5 Å². The number of ether oxygens (including phenoxy) is 2. The molecule has 1 aliphatic rings. The number of nitrogens with zero attached hydrogens (tertiary/aromatic N) is 1. The molecule has 1 heterocycles. The Bertz CT molecular complexity index is 945.